The summed E-state index contributed by atoms with van der Waals surface area (Å²) >= 11 is 0. The molecule has 2 heterocycles. The molecular weight excluding hydrogens is 308 g/mol. The van der Waals surface area contributed by atoms with E-state index in [-0.39, 0.29) is 0 Å². The van der Waals surface area contributed by atoms with E-state index in [1.54, 1.807) is 0 Å². The molecule has 0 bridgehead atoms. The van der Waals surface area contributed by atoms with Crippen molar-refractivity contribution in [1.29, 1.82) is 0 Å². The highest BCUT2D eigenvalue weighted by Gasteiger charge is 2.24. The van der Waals surface area contributed by atoms with Gasteiger partial charge in [0.15, 0.2) is 0 Å². The van der Waals surface area contributed by atoms with Gasteiger partial charge >= 0.3 is 0 Å². The predicted molar refractivity (Wildman–Crippen MR) is 103 cm³/mol. The molecule has 1 aliphatic heterocycles. The van der Waals surface area contributed by atoms with Gasteiger partial charge in [0.25, 0.3) is 0 Å². The van der Waals surface area contributed by atoms with Crippen molar-refractivity contribution in [2.45, 2.75) is 58.0 Å². The number of benzene rings is 1. The summed E-state index contributed by atoms with van der Waals surface area (Å²) in [5, 5.41) is 1.15. The van der Waals surface area contributed by atoms with Gasteiger partial charge in [-0.3, -0.25) is 4.98 Å². The van der Waals surface area contributed by atoms with Gasteiger partial charge in [0, 0.05) is 31.2 Å². The summed E-state index contributed by atoms with van der Waals surface area (Å²) in [5.74, 6) is 1.94. The fourth-order valence-electron chi connectivity index (χ4n) is 4.53. The number of aromatic nitrogens is 1. The zero-order valence-corrected chi connectivity index (χ0v) is 15.4. The zero-order chi connectivity index (χ0) is 17.1. The first kappa shape index (κ1) is 16.8. The Balaban J connectivity index is 1.35. The summed E-state index contributed by atoms with van der Waals surface area (Å²) in [7, 11) is 0. The first-order valence-electron chi connectivity index (χ1n) is 10.0. The molecule has 1 saturated heterocycles. The number of ether oxygens (including phenoxy) is 1. The Labute approximate surface area is 151 Å². The molecule has 1 aromatic heterocycles. The summed E-state index contributed by atoms with van der Waals surface area (Å²) in [6.45, 7) is 5.79. The van der Waals surface area contributed by atoms with Gasteiger partial charge in [-0.05, 0) is 56.2 Å². The molecule has 134 valence electrons. The van der Waals surface area contributed by atoms with E-state index in [2.05, 4.69) is 35.0 Å². The minimum Gasteiger partial charge on any atom is -0.490 e. The molecule has 1 aliphatic carbocycles. The van der Waals surface area contributed by atoms with Gasteiger partial charge in [-0.1, -0.05) is 31.4 Å². The molecule has 2 aromatic rings. The van der Waals surface area contributed by atoms with Gasteiger partial charge in [0.05, 0.1) is 5.52 Å². The zero-order valence-electron chi connectivity index (χ0n) is 15.4. The lowest BCUT2D eigenvalue weighted by molar-refractivity contribution is 0.0873. The Morgan fingerprint density at radius 1 is 1.04 bits per heavy atom. The van der Waals surface area contributed by atoms with Crippen LogP contribution in [0.25, 0.3) is 10.9 Å². The van der Waals surface area contributed by atoms with Crippen molar-refractivity contribution in [3.8, 4) is 5.75 Å². The van der Waals surface area contributed by atoms with Crippen LogP contribution in [0.3, 0.4) is 0 Å². The number of aryl methyl sites for hydroxylation is 1. The van der Waals surface area contributed by atoms with E-state index in [0.29, 0.717) is 6.10 Å². The highest BCUT2D eigenvalue weighted by Crippen LogP contribution is 2.29. The van der Waals surface area contributed by atoms with E-state index in [4.69, 9.17) is 4.74 Å². The molecule has 0 amide bonds. The van der Waals surface area contributed by atoms with Crippen LogP contribution in [-0.4, -0.2) is 35.6 Å². The van der Waals surface area contributed by atoms with Gasteiger partial charge in [-0.2, -0.15) is 0 Å². The maximum absolute atomic E-state index is 6.40. The molecule has 0 unspecified atom stereocenters. The molecule has 0 spiro atoms. The SMILES string of the molecule is Cc1cccc2c(OC3CCN(CC4CCCCC4)CC3)ccnc12. The van der Waals surface area contributed by atoms with Crippen LogP contribution in [0.4, 0.5) is 0 Å². The van der Waals surface area contributed by atoms with E-state index < -0.39 is 0 Å². The molecule has 3 heteroatoms. The van der Waals surface area contributed by atoms with Gasteiger partial charge in [-0.25, -0.2) is 0 Å². The van der Waals surface area contributed by atoms with Crippen LogP contribution in [0.2, 0.25) is 0 Å². The van der Waals surface area contributed by atoms with Crippen molar-refractivity contribution in [3.63, 3.8) is 0 Å². The van der Waals surface area contributed by atoms with Crippen molar-refractivity contribution in [2.75, 3.05) is 19.6 Å². The smallest absolute Gasteiger partial charge is 0.130 e. The van der Waals surface area contributed by atoms with E-state index in [1.165, 1.54) is 57.3 Å². The summed E-state index contributed by atoms with van der Waals surface area (Å²) in [6, 6.07) is 8.36. The third-order valence-electron chi connectivity index (χ3n) is 6.00. The van der Waals surface area contributed by atoms with E-state index >= 15 is 0 Å². The van der Waals surface area contributed by atoms with Gasteiger partial charge < -0.3 is 9.64 Å². The Morgan fingerprint density at radius 2 is 1.84 bits per heavy atom. The molecule has 0 N–H and O–H groups in total. The number of hydrogen-bond acceptors (Lipinski definition) is 3. The number of piperidine rings is 1. The fraction of sp³-hybridized carbons (Fsp3) is 0.591. The second-order valence-electron chi connectivity index (χ2n) is 7.90. The largest absolute Gasteiger partial charge is 0.490 e. The quantitative estimate of drug-likeness (QED) is 0.787. The molecular formula is C22H30N2O. The first-order chi connectivity index (χ1) is 12.3. The first-order valence-corrected chi connectivity index (χ1v) is 10.0. The molecule has 0 atom stereocenters. The second-order valence-corrected chi connectivity index (χ2v) is 7.90. The highest BCUT2D eigenvalue weighted by atomic mass is 16.5. The molecule has 4 rings (SSSR count). The lowest BCUT2D eigenvalue weighted by Gasteiger charge is -2.35. The number of para-hydroxylation sites is 1. The third kappa shape index (κ3) is 3.98. The third-order valence-corrected chi connectivity index (χ3v) is 6.00. The number of fused-ring (bicyclic) bond motifs is 1. The maximum Gasteiger partial charge on any atom is 0.130 e. The Kier molecular flexibility index (Phi) is 5.21. The summed E-state index contributed by atoms with van der Waals surface area (Å²) in [6.07, 6.45) is 11.7. The summed E-state index contributed by atoms with van der Waals surface area (Å²) in [5.41, 5.74) is 2.28. The average Bonchev–Trinajstić information content (AvgIpc) is 2.65. The molecule has 2 fully saturated rings. The number of likely N-dealkylation sites (tertiary alicyclic amines) is 1. The summed E-state index contributed by atoms with van der Waals surface area (Å²) < 4.78 is 6.40. The van der Waals surface area contributed by atoms with Crippen molar-refractivity contribution >= 4 is 10.9 Å². The van der Waals surface area contributed by atoms with Crippen LogP contribution >= 0.6 is 0 Å². The lowest BCUT2D eigenvalue weighted by Crippen LogP contribution is -2.40. The fourth-order valence-corrected chi connectivity index (χ4v) is 4.53. The molecule has 1 aromatic carbocycles. The topological polar surface area (TPSA) is 25.4 Å². The molecule has 25 heavy (non-hydrogen) atoms. The van der Waals surface area contributed by atoms with Crippen LogP contribution in [0.15, 0.2) is 30.5 Å². The van der Waals surface area contributed by atoms with Crippen LogP contribution < -0.4 is 4.74 Å². The standard InChI is InChI=1S/C22H30N2O/c1-17-6-5-9-20-21(10-13-23-22(17)20)25-19-11-14-24(15-12-19)16-18-7-3-2-4-8-18/h5-6,9-10,13,18-19H,2-4,7-8,11-12,14-16H2,1H3. The Hall–Kier alpha value is -1.61. The van der Waals surface area contributed by atoms with Crippen molar-refractivity contribution in [1.82, 2.24) is 9.88 Å². The Morgan fingerprint density at radius 3 is 2.64 bits per heavy atom. The Bertz CT molecular complexity index is 700. The van der Waals surface area contributed by atoms with Gasteiger partial charge in [0.1, 0.15) is 11.9 Å². The number of hydrogen-bond donors (Lipinski definition) is 0. The highest BCUT2D eigenvalue weighted by molar-refractivity contribution is 5.87. The van der Waals surface area contributed by atoms with Crippen LogP contribution in [0.1, 0.15) is 50.5 Å². The number of pyridine rings is 1. The average molecular weight is 338 g/mol. The van der Waals surface area contributed by atoms with Gasteiger partial charge in [0.2, 0.25) is 0 Å². The van der Waals surface area contributed by atoms with Crippen LogP contribution in [-0.2, 0) is 0 Å². The summed E-state index contributed by atoms with van der Waals surface area (Å²) in [4.78, 5) is 7.19. The minimum atomic E-state index is 0.341. The van der Waals surface area contributed by atoms with Crippen molar-refractivity contribution in [2.24, 2.45) is 5.92 Å². The van der Waals surface area contributed by atoms with E-state index in [9.17, 15) is 0 Å². The normalized spacial score (nSPS) is 20.8. The predicted octanol–water partition coefficient (Wildman–Crippen LogP) is 4.97. The number of nitrogens with zero attached hydrogens (tertiary/aromatic N) is 2. The molecule has 3 nitrogen and oxygen atoms in total. The van der Waals surface area contributed by atoms with Crippen molar-refractivity contribution in [3.05, 3.63) is 36.0 Å². The molecule has 0 radical (unpaired) electrons. The second kappa shape index (κ2) is 7.74. The lowest BCUT2D eigenvalue weighted by atomic mass is 9.88. The maximum atomic E-state index is 6.40. The van der Waals surface area contributed by atoms with E-state index in [0.717, 1.165) is 35.4 Å². The number of rotatable bonds is 4. The minimum absolute atomic E-state index is 0.341. The molecule has 1 saturated carbocycles. The van der Waals surface area contributed by atoms with Crippen LogP contribution in [0.5, 0.6) is 5.75 Å². The van der Waals surface area contributed by atoms with Crippen molar-refractivity contribution < 1.29 is 4.74 Å². The monoisotopic (exact) mass is 338 g/mol. The van der Waals surface area contributed by atoms with E-state index in [1.807, 2.05) is 12.3 Å². The van der Waals surface area contributed by atoms with Crippen LogP contribution in [0, 0.1) is 12.8 Å². The molecule has 2 aliphatic rings. The van der Waals surface area contributed by atoms with Gasteiger partial charge in [-0.15, -0.1) is 0 Å².